The first-order valence-corrected chi connectivity index (χ1v) is 12.1. The van der Waals surface area contributed by atoms with Gasteiger partial charge in [0.2, 0.25) is 10.0 Å². The smallest absolute Gasteiger partial charge is 0.210 e. The van der Waals surface area contributed by atoms with Gasteiger partial charge in [0, 0.05) is 28.2 Å². The number of rotatable bonds is 4. The third kappa shape index (κ3) is 3.26. The summed E-state index contributed by atoms with van der Waals surface area (Å²) in [4.78, 5) is 2.61. The fourth-order valence-corrected chi connectivity index (χ4v) is 7.30. The van der Waals surface area contributed by atoms with Crippen LogP contribution in [0.2, 0.25) is 0 Å². The fraction of sp³-hybridized carbons (Fsp3) is 0.409. The second kappa shape index (κ2) is 7.55. The third-order valence-corrected chi connectivity index (χ3v) is 8.68. The van der Waals surface area contributed by atoms with Gasteiger partial charge in [0.1, 0.15) is 0 Å². The van der Waals surface area contributed by atoms with Crippen LogP contribution in [0, 0.1) is 18.3 Å². The Kier molecular flexibility index (Phi) is 5.26. The monoisotopic (exact) mass is 412 g/mol. The first kappa shape index (κ1) is 19.5. The molecule has 1 aliphatic heterocycles. The lowest BCUT2D eigenvalue weighted by Gasteiger charge is -2.43. The van der Waals surface area contributed by atoms with Crippen molar-refractivity contribution in [3.8, 4) is 6.07 Å². The maximum absolute atomic E-state index is 12.8. The molecule has 0 radical (unpaired) electrons. The largest absolute Gasteiger partial charge is 0.240 e. The summed E-state index contributed by atoms with van der Waals surface area (Å²) in [5.74, 6) is 0. The van der Waals surface area contributed by atoms with Gasteiger partial charge in [0.25, 0.3) is 0 Å². The molecule has 1 spiro atoms. The summed E-state index contributed by atoms with van der Waals surface area (Å²) >= 11 is 1.67. The predicted octanol–water partition coefficient (Wildman–Crippen LogP) is 4.90. The molecule has 0 atom stereocenters. The highest BCUT2D eigenvalue weighted by Gasteiger charge is 2.42. The molecule has 1 N–H and O–H groups in total. The van der Waals surface area contributed by atoms with Gasteiger partial charge in [0.05, 0.1) is 11.0 Å². The summed E-state index contributed by atoms with van der Waals surface area (Å²) in [5.41, 5.74) is 3.45. The standard InChI is InChI=1S/C22H24N2O2S2/c1-16-14-18-20(15-21(16)28(25,26)24-13-7-12-23)27-19-9-4-3-8-17(19)22(18)10-5-2-6-11-22/h3-4,8-9,14-15,24H,2,5-7,10-11,13H2,1H3. The van der Waals surface area contributed by atoms with Crippen LogP contribution in [0.25, 0.3) is 0 Å². The lowest BCUT2D eigenvalue weighted by atomic mass is 9.65. The van der Waals surface area contributed by atoms with Crippen molar-refractivity contribution < 1.29 is 8.42 Å². The van der Waals surface area contributed by atoms with Crippen molar-refractivity contribution in [2.24, 2.45) is 0 Å². The zero-order valence-electron chi connectivity index (χ0n) is 16.0. The summed E-state index contributed by atoms with van der Waals surface area (Å²) in [6, 6.07) is 14.5. The Morgan fingerprint density at radius 2 is 1.86 bits per heavy atom. The molecule has 2 aromatic carbocycles. The maximum Gasteiger partial charge on any atom is 0.240 e. The zero-order chi connectivity index (χ0) is 19.8. The van der Waals surface area contributed by atoms with E-state index in [1.807, 2.05) is 19.1 Å². The van der Waals surface area contributed by atoms with Crippen LogP contribution in [0.5, 0.6) is 0 Å². The molecule has 0 bridgehead atoms. The highest BCUT2D eigenvalue weighted by atomic mass is 32.2. The van der Waals surface area contributed by atoms with Crippen LogP contribution >= 0.6 is 11.8 Å². The minimum absolute atomic E-state index is 0.00326. The van der Waals surface area contributed by atoms with E-state index in [9.17, 15) is 8.42 Å². The highest BCUT2D eigenvalue weighted by molar-refractivity contribution is 7.99. The number of hydrogen-bond donors (Lipinski definition) is 1. The van der Waals surface area contributed by atoms with Crippen LogP contribution in [0.3, 0.4) is 0 Å². The Bertz CT molecular complexity index is 1050. The molecular formula is C22H24N2O2S2. The van der Waals surface area contributed by atoms with Crippen molar-refractivity contribution in [3.63, 3.8) is 0 Å². The molecule has 0 amide bonds. The molecule has 0 unspecified atom stereocenters. The Hall–Kier alpha value is -1.81. The van der Waals surface area contributed by atoms with Gasteiger partial charge >= 0.3 is 0 Å². The first-order valence-electron chi connectivity index (χ1n) is 9.77. The number of sulfonamides is 1. The van der Waals surface area contributed by atoms with Gasteiger partial charge in [-0.25, -0.2) is 13.1 Å². The fourth-order valence-electron chi connectivity index (χ4n) is 4.64. The zero-order valence-corrected chi connectivity index (χ0v) is 17.6. The minimum atomic E-state index is -3.63. The molecular weight excluding hydrogens is 388 g/mol. The number of benzene rings is 2. The van der Waals surface area contributed by atoms with Gasteiger partial charge < -0.3 is 0 Å². The lowest BCUT2D eigenvalue weighted by Crippen LogP contribution is -2.34. The number of hydrogen-bond acceptors (Lipinski definition) is 4. The topological polar surface area (TPSA) is 70.0 Å². The van der Waals surface area contributed by atoms with E-state index in [1.54, 1.807) is 11.8 Å². The highest BCUT2D eigenvalue weighted by Crippen LogP contribution is 2.55. The van der Waals surface area contributed by atoms with Gasteiger partial charge in [-0.05, 0) is 48.6 Å². The second-order valence-electron chi connectivity index (χ2n) is 7.66. The van der Waals surface area contributed by atoms with E-state index in [4.69, 9.17) is 5.26 Å². The average Bonchev–Trinajstić information content (AvgIpc) is 2.69. The van der Waals surface area contributed by atoms with Crippen LogP contribution in [-0.4, -0.2) is 15.0 Å². The van der Waals surface area contributed by atoms with Crippen molar-refractivity contribution in [2.75, 3.05) is 6.54 Å². The summed E-state index contributed by atoms with van der Waals surface area (Å²) in [6.45, 7) is 2.01. The van der Waals surface area contributed by atoms with Gasteiger partial charge in [-0.1, -0.05) is 55.3 Å². The van der Waals surface area contributed by atoms with Crippen molar-refractivity contribution in [3.05, 3.63) is 53.1 Å². The Balaban J connectivity index is 1.83. The average molecular weight is 413 g/mol. The molecule has 1 heterocycles. The van der Waals surface area contributed by atoms with E-state index in [0.717, 1.165) is 23.3 Å². The van der Waals surface area contributed by atoms with Gasteiger partial charge in [-0.3, -0.25) is 0 Å². The quantitative estimate of drug-likeness (QED) is 0.725. The van der Waals surface area contributed by atoms with Crippen LogP contribution < -0.4 is 4.72 Å². The molecule has 1 fully saturated rings. The second-order valence-corrected chi connectivity index (χ2v) is 10.5. The minimum Gasteiger partial charge on any atom is -0.210 e. The molecule has 146 valence electrons. The SMILES string of the molecule is Cc1cc2c(cc1S(=O)(=O)NCCC#N)Sc1ccccc1C21CCCCC1. The Labute approximate surface area is 171 Å². The van der Waals surface area contributed by atoms with E-state index < -0.39 is 10.0 Å². The molecule has 1 saturated carbocycles. The van der Waals surface area contributed by atoms with Crippen LogP contribution in [0.4, 0.5) is 0 Å². The molecule has 4 nitrogen and oxygen atoms in total. The molecule has 6 heteroatoms. The number of nitriles is 1. The predicted molar refractivity (Wildman–Crippen MR) is 111 cm³/mol. The van der Waals surface area contributed by atoms with Crippen molar-refractivity contribution in [2.45, 2.75) is 65.6 Å². The molecule has 0 aromatic heterocycles. The summed E-state index contributed by atoms with van der Waals surface area (Å²) in [5, 5.41) is 8.69. The number of nitrogens with zero attached hydrogens (tertiary/aromatic N) is 1. The number of nitrogens with one attached hydrogen (secondary N) is 1. The Morgan fingerprint density at radius 3 is 2.61 bits per heavy atom. The van der Waals surface area contributed by atoms with Gasteiger partial charge in [0.15, 0.2) is 0 Å². The summed E-state index contributed by atoms with van der Waals surface area (Å²) < 4.78 is 28.1. The van der Waals surface area contributed by atoms with Gasteiger partial charge in [-0.15, -0.1) is 0 Å². The molecule has 1 aliphatic carbocycles. The summed E-state index contributed by atoms with van der Waals surface area (Å²) in [6.07, 6.45) is 6.06. The van der Waals surface area contributed by atoms with Crippen LogP contribution in [0.1, 0.15) is 55.2 Å². The number of aryl methyl sites for hydroxylation is 1. The van der Waals surface area contributed by atoms with Crippen LogP contribution in [0.15, 0.2) is 51.1 Å². The van der Waals surface area contributed by atoms with Crippen molar-refractivity contribution in [1.82, 2.24) is 4.72 Å². The third-order valence-electron chi connectivity index (χ3n) is 5.94. The summed E-state index contributed by atoms with van der Waals surface area (Å²) in [7, 11) is -3.63. The molecule has 2 aliphatic rings. The molecule has 0 saturated heterocycles. The van der Waals surface area contributed by atoms with E-state index in [-0.39, 0.29) is 18.4 Å². The van der Waals surface area contributed by atoms with Crippen molar-refractivity contribution in [1.29, 1.82) is 5.26 Å². The Morgan fingerprint density at radius 1 is 1.11 bits per heavy atom. The first-order chi connectivity index (χ1) is 13.5. The van der Waals surface area contributed by atoms with Crippen LogP contribution in [-0.2, 0) is 15.4 Å². The van der Waals surface area contributed by atoms with Gasteiger partial charge in [-0.2, -0.15) is 5.26 Å². The van der Waals surface area contributed by atoms with E-state index in [2.05, 4.69) is 35.1 Å². The molecule has 28 heavy (non-hydrogen) atoms. The van der Waals surface area contributed by atoms with E-state index >= 15 is 0 Å². The number of fused-ring (bicyclic) bond motifs is 4. The van der Waals surface area contributed by atoms with Crippen molar-refractivity contribution >= 4 is 21.8 Å². The maximum atomic E-state index is 12.8. The lowest BCUT2D eigenvalue weighted by molar-refractivity contribution is 0.335. The normalized spacial score (nSPS) is 17.6. The van der Waals surface area contributed by atoms with E-state index in [1.165, 1.54) is 35.3 Å². The molecule has 2 aromatic rings. The molecule has 4 rings (SSSR count). The van der Waals surface area contributed by atoms with E-state index in [0.29, 0.717) is 4.90 Å².